The Morgan fingerprint density at radius 3 is 1.26 bits per heavy atom. The molecule has 0 spiro atoms. The van der Waals surface area contributed by atoms with Gasteiger partial charge in [-0.1, -0.05) is 97.1 Å². The van der Waals surface area contributed by atoms with Crippen molar-refractivity contribution >= 4 is 68.4 Å². The van der Waals surface area contributed by atoms with Gasteiger partial charge in [0.15, 0.2) is 0 Å². The summed E-state index contributed by atoms with van der Waals surface area (Å²) >= 11 is 3.52. The van der Waals surface area contributed by atoms with E-state index in [1.807, 2.05) is 24.3 Å². The molecule has 2 aromatic heterocycles. The molecule has 168 valence electrons. The Kier molecular flexibility index (Phi) is 8.68. The van der Waals surface area contributed by atoms with Crippen molar-refractivity contribution in [2.45, 2.75) is 9.79 Å². The molecule has 2 heterocycles. The number of benzene rings is 4. The predicted octanol–water partition coefficient (Wildman–Crippen LogP) is 7.99. The molecular formula is C30H24MgN2S2. The van der Waals surface area contributed by atoms with Gasteiger partial charge in [0.25, 0.3) is 0 Å². The van der Waals surface area contributed by atoms with E-state index < -0.39 is 0 Å². The number of thioether (sulfide) groups is 2. The maximum absolute atomic E-state index is 4.68. The van der Waals surface area contributed by atoms with Crippen LogP contribution >= 0.6 is 23.5 Å². The fraction of sp³-hybridized carbons (Fsp3) is 0.0667. The van der Waals surface area contributed by atoms with Crippen molar-refractivity contribution in [3.8, 4) is 22.5 Å². The number of hydrogen-bond acceptors (Lipinski definition) is 2. The van der Waals surface area contributed by atoms with E-state index in [4.69, 9.17) is 0 Å². The van der Waals surface area contributed by atoms with Crippen LogP contribution in [-0.4, -0.2) is 35.6 Å². The number of fused-ring (bicyclic) bond motifs is 2. The molecule has 0 aliphatic rings. The van der Waals surface area contributed by atoms with Gasteiger partial charge in [0.1, 0.15) is 0 Å². The van der Waals surface area contributed by atoms with Gasteiger partial charge in [0, 0.05) is 9.79 Å². The van der Waals surface area contributed by atoms with Crippen LogP contribution in [0.25, 0.3) is 44.3 Å². The summed E-state index contributed by atoms with van der Waals surface area (Å²) in [6, 6.07) is 37.6. The minimum absolute atomic E-state index is 0. The molecule has 6 rings (SSSR count). The molecule has 5 heteroatoms. The molecule has 0 unspecified atom stereocenters. The zero-order chi connectivity index (χ0) is 23.3. The Bertz CT molecular complexity index is 1370. The van der Waals surface area contributed by atoms with Gasteiger partial charge >= 0.3 is 23.1 Å². The van der Waals surface area contributed by atoms with Gasteiger partial charge in [-0.05, 0) is 46.5 Å². The van der Waals surface area contributed by atoms with Crippen LogP contribution in [0.5, 0.6) is 0 Å². The quantitative estimate of drug-likeness (QED) is 0.181. The monoisotopic (exact) mass is 500 g/mol. The van der Waals surface area contributed by atoms with Gasteiger partial charge in [0.2, 0.25) is 0 Å². The normalized spacial score (nSPS) is 10.6. The first-order valence-electron chi connectivity index (χ1n) is 11.1. The second-order valence-electron chi connectivity index (χ2n) is 7.80. The summed E-state index contributed by atoms with van der Waals surface area (Å²) in [6.07, 6.45) is 4.20. The van der Waals surface area contributed by atoms with Crippen LogP contribution in [0.2, 0.25) is 0 Å². The minimum Gasteiger partial charge on any atom is -0.657 e. The molecule has 0 aliphatic carbocycles. The number of aromatic nitrogens is 2. The Balaban J connectivity index is 0.000000160. The zero-order valence-electron chi connectivity index (χ0n) is 19.8. The molecule has 0 bridgehead atoms. The molecule has 35 heavy (non-hydrogen) atoms. The van der Waals surface area contributed by atoms with Gasteiger partial charge in [0.05, 0.1) is 0 Å². The first-order valence-corrected chi connectivity index (χ1v) is 13.5. The molecular weight excluding hydrogens is 477 g/mol. The summed E-state index contributed by atoms with van der Waals surface area (Å²) in [7, 11) is 0. The third kappa shape index (κ3) is 5.65. The fourth-order valence-corrected chi connectivity index (χ4v) is 5.24. The third-order valence-corrected chi connectivity index (χ3v) is 7.30. The summed E-state index contributed by atoms with van der Waals surface area (Å²) in [6.45, 7) is 0. The van der Waals surface area contributed by atoms with E-state index in [2.05, 4.69) is 107 Å². The summed E-state index contributed by atoms with van der Waals surface area (Å²) in [5.74, 6) is 0. The second kappa shape index (κ2) is 11.9. The van der Waals surface area contributed by atoms with Crippen molar-refractivity contribution in [1.29, 1.82) is 0 Å². The summed E-state index contributed by atoms with van der Waals surface area (Å²) < 4.78 is 0. The standard InChI is InChI=1S/2C15H12NS.Mg/c2*1-17-15-9-5-3-7-12(15)14-10-11-6-2-4-8-13(11)16-14;/h2*2-10H,1H3;/q2*-1;+2. The fourth-order valence-electron chi connectivity index (χ4n) is 4.03. The molecule has 0 N–H and O–H groups in total. The Labute approximate surface area is 231 Å². The van der Waals surface area contributed by atoms with E-state index in [1.165, 1.54) is 31.7 Å². The van der Waals surface area contributed by atoms with Gasteiger partial charge in [-0.3, -0.25) is 0 Å². The number of para-hydroxylation sites is 2. The van der Waals surface area contributed by atoms with Crippen LogP contribution in [0.15, 0.2) is 119 Å². The molecule has 0 fully saturated rings. The maximum Gasteiger partial charge on any atom is 2.00 e. The van der Waals surface area contributed by atoms with Crippen LogP contribution in [0.1, 0.15) is 0 Å². The van der Waals surface area contributed by atoms with Crippen molar-refractivity contribution in [3.63, 3.8) is 0 Å². The van der Waals surface area contributed by atoms with E-state index in [-0.39, 0.29) is 23.1 Å². The van der Waals surface area contributed by atoms with Crippen molar-refractivity contribution in [1.82, 2.24) is 9.97 Å². The first kappa shape index (κ1) is 25.5. The molecule has 0 saturated heterocycles. The van der Waals surface area contributed by atoms with E-state index in [0.717, 1.165) is 22.4 Å². The van der Waals surface area contributed by atoms with Crippen LogP contribution in [0.3, 0.4) is 0 Å². The van der Waals surface area contributed by atoms with Crippen LogP contribution in [0, 0.1) is 0 Å². The average Bonchev–Trinajstić information content (AvgIpc) is 3.53. The minimum atomic E-state index is 0. The topological polar surface area (TPSA) is 28.2 Å². The summed E-state index contributed by atoms with van der Waals surface area (Å²) in [4.78, 5) is 11.9. The van der Waals surface area contributed by atoms with E-state index in [1.54, 1.807) is 23.5 Å². The molecule has 2 nitrogen and oxygen atoms in total. The van der Waals surface area contributed by atoms with Gasteiger partial charge in [-0.15, -0.1) is 45.9 Å². The molecule has 6 aromatic rings. The van der Waals surface area contributed by atoms with Crippen molar-refractivity contribution in [2.75, 3.05) is 12.5 Å². The van der Waals surface area contributed by atoms with Crippen LogP contribution in [-0.2, 0) is 0 Å². The average molecular weight is 501 g/mol. The molecule has 0 amide bonds. The van der Waals surface area contributed by atoms with Crippen molar-refractivity contribution in [3.05, 3.63) is 109 Å². The maximum atomic E-state index is 4.68. The number of nitrogens with zero attached hydrogens (tertiary/aromatic N) is 2. The molecule has 0 radical (unpaired) electrons. The van der Waals surface area contributed by atoms with E-state index in [9.17, 15) is 0 Å². The van der Waals surface area contributed by atoms with E-state index >= 15 is 0 Å². The number of hydrogen-bond donors (Lipinski definition) is 0. The third-order valence-electron chi connectivity index (χ3n) is 5.71. The smallest absolute Gasteiger partial charge is 0.657 e. The predicted molar refractivity (Wildman–Crippen MR) is 155 cm³/mol. The van der Waals surface area contributed by atoms with Gasteiger partial charge < -0.3 is 9.97 Å². The first-order chi connectivity index (χ1) is 16.8. The Hall–Kier alpha value is -2.57. The van der Waals surface area contributed by atoms with E-state index in [0.29, 0.717) is 0 Å². The van der Waals surface area contributed by atoms with Crippen LogP contribution in [0.4, 0.5) is 0 Å². The summed E-state index contributed by atoms with van der Waals surface area (Å²) in [5, 5.41) is 2.41. The Morgan fingerprint density at radius 1 is 0.486 bits per heavy atom. The zero-order valence-corrected chi connectivity index (χ0v) is 22.9. The van der Waals surface area contributed by atoms with Gasteiger partial charge in [-0.2, -0.15) is 0 Å². The van der Waals surface area contributed by atoms with Crippen molar-refractivity contribution in [2.24, 2.45) is 0 Å². The molecule has 0 aliphatic heterocycles. The molecule has 0 atom stereocenters. The Morgan fingerprint density at radius 2 is 0.857 bits per heavy atom. The van der Waals surface area contributed by atoms with Gasteiger partial charge in [-0.25, -0.2) is 0 Å². The van der Waals surface area contributed by atoms with Crippen molar-refractivity contribution < 1.29 is 0 Å². The summed E-state index contributed by atoms with van der Waals surface area (Å²) in [5.41, 5.74) is 6.71. The molecule has 4 aromatic carbocycles. The molecule has 0 saturated carbocycles. The largest absolute Gasteiger partial charge is 2.00 e. The van der Waals surface area contributed by atoms with Crippen LogP contribution < -0.4 is 9.97 Å². The SMILES string of the molecule is CSc1ccccc1-c1cc2ccccc2[n-]1.CSc1ccccc1-c1cc2ccccc2[n-]1.[Mg+2]. The second-order valence-corrected chi connectivity index (χ2v) is 9.50. The number of rotatable bonds is 4.